The molecule has 0 aliphatic carbocycles. The van der Waals surface area contributed by atoms with Crippen molar-refractivity contribution in [3.63, 3.8) is 0 Å². The number of benzene rings is 2. The molecule has 0 radical (unpaired) electrons. The first-order valence-electron chi connectivity index (χ1n) is 9.63. The van der Waals surface area contributed by atoms with E-state index in [0.717, 1.165) is 22.6 Å². The Balaban J connectivity index is 1.59. The average molecular weight is 408 g/mol. The summed E-state index contributed by atoms with van der Waals surface area (Å²) < 4.78 is 11.6. The zero-order chi connectivity index (χ0) is 21.5. The Morgan fingerprint density at radius 2 is 1.90 bits per heavy atom. The number of ether oxygens (including phenoxy) is 1. The minimum atomic E-state index is -1.05. The van der Waals surface area contributed by atoms with E-state index >= 15 is 0 Å². The van der Waals surface area contributed by atoms with Crippen molar-refractivity contribution in [3.05, 3.63) is 71.6 Å². The molecule has 1 heterocycles. The third-order valence-electron chi connectivity index (χ3n) is 4.56. The van der Waals surface area contributed by atoms with Crippen LogP contribution in [0.4, 0.5) is 0 Å². The second-order valence-electron chi connectivity index (χ2n) is 6.90. The second kappa shape index (κ2) is 9.73. The highest BCUT2D eigenvalue weighted by Crippen LogP contribution is 2.22. The zero-order valence-corrected chi connectivity index (χ0v) is 17.0. The summed E-state index contributed by atoms with van der Waals surface area (Å²) in [6, 6.07) is 17.0. The van der Waals surface area contributed by atoms with E-state index in [0.29, 0.717) is 24.7 Å². The summed E-state index contributed by atoms with van der Waals surface area (Å²) in [6.07, 6.45) is 0.588. The summed E-state index contributed by atoms with van der Waals surface area (Å²) in [7, 11) is 0. The van der Waals surface area contributed by atoms with Gasteiger partial charge in [0.2, 0.25) is 11.8 Å². The monoisotopic (exact) mass is 408 g/mol. The lowest BCUT2D eigenvalue weighted by Crippen LogP contribution is -2.33. The summed E-state index contributed by atoms with van der Waals surface area (Å²) >= 11 is 0. The van der Waals surface area contributed by atoms with E-state index in [4.69, 9.17) is 14.3 Å². The van der Waals surface area contributed by atoms with Gasteiger partial charge in [-0.05, 0) is 36.8 Å². The molecule has 0 saturated heterocycles. The largest absolute Gasteiger partial charge is 0.493 e. The number of rotatable bonds is 9. The molecule has 30 heavy (non-hydrogen) atoms. The zero-order valence-electron chi connectivity index (χ0n) is 17.0. The number of carbonyl (C=O) groups is 2. The van der Waals surface area contributed by atoms with E-state index in [1.165, 1.54) is 11.8 Å². The Kier molecular flexibility index (Phi) is 6.85. The van der Waals surface area contributed by atoms with Gasteiger partial charge < -0.3 is 19.2 Å². The molecule has 7 heteroatoms. The van der Waals surface area contributed by atoms with E-state index in [-0.39, 0.29) is 19.0 Å². The van der Waals surface area contributed by atoms with Gasteiger partial charge in [-0.2, -0.15) is 0 Å². The van der Waals surface area contributed by atoms with Gasteiger partial charge in [-0.3, -0.25) is 9.59 Å². The molecule has 0 spiro atoms. The summed E-state index contributed by atoms with van der Waals surface area (Å²) in [5.41, 5.74) is 2.57. The lowest BCUT2D eigenvalue weighted by Gasteiger charge is -2.19. The lowest BCUT2D eigenvalue weighted by molar-refractivity contribution is -0.144. The fourth-order valence-electron chi connectivity index (χ4n) is 3.03. The van der Waals surface area contributed by atoms with E-state index < -0.39 is 5.97 Å². The molecule has 1 N–H and O–H groups in total. The van der Waals surface area contributed by atoms with Crippen molar-refractivity contribution >= 4 is 11.9 Å². The van der Waals surface area contributed by atoms with Crippen molar-refractivity contribution in [2.45, 2.75) is 26.8 Å². The molecule has 0 fully saturated rings. The van der Waals surface area contributed by atoms with Crippen molar-refractivity contribution in [1.29, 1.82) is 0 Å². The maximum atomic E-state index is 11.6. The number of aryl methyl sites for hydroxylation is 1. The Morgan fingerprint density at radius 1 is 1.13 bits per heavy atom. The molecule has 0 unspecified atom stereocenters. The third kappa shape index (κ3) is 5.70. The van der Waals surface area contributed by atoms with Gasteiger partial charge in [0, 0.05) is 25.5 Å². The van der Waals surface area contributed by atoms with Crippen LogP contribution in [0.25, 0.3) is 11.5 Å². The van der Waals surface area contributed by atoms with Crippen LogP contribution in [0.3, 0.4) is 0 Å². The molecule has 156 valence electrons. The highest BCUT2D eigenvalue weighted by atomic mass is 16.5. The maximum Gasteiger partial charge on any atom is 0.323 e. The predicted octanol–water partition coefficient (Wildman–Crippen LogP) is 3.70. The maximum absolute atomic E-state index is 11.6. The van der Waals surface area contributed by atoms with Gasteiger partial charge >= 0.3 is 5.97 Å². The van der Waals surface area contributed by atoms with Crippen LogP contribution in [0.1, 0.15) is 23.9 Å². The van der Waals surface area contributed by atoms with E-state index in [9.17, 15) is 9.59 Å². The fourth-order valence-corrected chi connectivity index (χ4v) is 3.03. The average Bonchev–Trinajstić information content (AvgIpc) is 3.09. The second-order valence-corrected chi connectivity index (χ2v) is 6.90. The molecular weight excluding hydrogens is 384 g/mol. The van der Waals surface area contributed by atoms with Crippen molar-refractivity contribution in [2.75, 3.05) is 13.2 Å². The number of hydrogen-bond donors (Lipinski definition) is 1. The standard InChI is InChI=1S/C23H24N2O5/c1-16-21(24-23(30-16)19-8-4-3-5-9-19)11-12-29-20-10-6-7-18(13-20)14-25(17(2)26)15-22(27)28/h3-10,13H,11-12,14-15H2,1-2H3,(H,27,28). The van der Waals surface area contributed by atoms with Gasteiger partial charge in [0.1, 0.15) is 18.1 Å². The summed E-state index contributed by atoms with van der Waals surface area (Å²) in [4.78, 5) is 28.4. The SMILES string of the molecule is CC(=O)N(CC(=O)O)Cc1cccc(OCCc2nc(-c3ccccc3)oc2C)c1. The van der Waals surface area contributed by atoms with Gasteiger partial charge in [-0.15, -0.1) is 0 Å². The number of carboxylic acid groups (broad SMARTS) is 1. The quantitative estimate of drug-likeness (QED) is 0.580. The highest BCUT2D eigenvalue weighted by Gasteiger charge is 2.14. The van der Waals surface area contributed by atoms with Gasteiger partial charge in [-0.1, -0.05) is 30.3 Å². The van der Waals surface area contributed by atoms with Crippen LogP contribution in [-0.4, -0.2) is 40.0 Å². The molecular formula is C23H24N2O5. The molecule has 7 nitrogen and oxygen atoms in total. The fraction of sp³-hybridized carbons (Fsp3) is 0.261. The molecule has 0 aliphatic rings. The summed E-state index contributed by atoms with van der Waals surface area (Å²) in [5.74, 6) is 0.662. The molecule has 1 amide bonds. The predicted molar refractivity (Wildman–Crippen MR) is 111 cm³/mol. The number of amides is 1. The van der Waals surface area contributed by atoms with E-state index in [2.05, 4.69) is 4.98 Å². The summed E-state index contributed by atoms with van der Waals surface area (Å²) in [6.45, 7) is 3.52. The van der Waals surface area contributed by atoms with Gasteiger partial charge in [0.05, 0.1) is 12.3 Å². The molecule has 0 aliphatic heterocycles. The van der Waals surface area contributed by atoms with E-state index in [1.807, 2.05) is 61.5 Å². The number of carbonyl (C=O) groups excluding carboxylic acids is 1. The Bertz CT molecular complexity index is 1010. The molecule has 3 rings (SSSR count). The van der Waals surface area contributed by atoms with Crippen LogP contribution in [0.5, 0.6) is 5.75 Å². The van der Waals surface area contributed by atoms with Crippen LogP contribution in [0.15, 0.2) is 59.0 Å². The van der Waals surface area contributed by atoms with Gasteiger partial charge in [0.15, 0.2) is 0 Å². The Labute approximate surface area is 174 Å². The Hall–Kier alpha value is -3.61. The van der Waals surface area contributed by atoms with Crippen molar-refractivity contribution in [3.8, 4) is 17.2 Å². The van der Waals surface area contributed by atoms with Crippen molar-refractivity contribution < 1.29 is 23.8 Å². The van der Waals surface area contributed by atoms with Crippen LogP contribution in [0, 0.1) is 6.92 Å². The number of aliphatic carboxylic acids is 1. The summed E-state index contributed by atoms with van der Waals surface area (Å²) in [5, 5.41) is 8.95. The number of nitrogens with zero attached hydrogens (tertiary/aromatic N) is 2. The lowest BCUT2D eigenvalue weighted by atomic mass is 10.2. The molecule has 0 bridgehead atoms. The van der Waals surface area contributed by atoms with E-state index in [1.54, 1.807) is 0 Å². The minimum absolute atomic E-state index is 0.210. The third-order valence-corrected chi connectivity index (χ3v) is 4.56. The molecule has 2 aromatic carbocycles. The van der Waals surface area contributed by atoms with Crippen molar-refractivity contribution in [2.24, 2.45) is 0 Å². The number of carboxylic acids is 1. The van der Waals surface area contributed by atoms with Crippen LogP contribution < -0.4 is 4.74 Å². The topological polar surface area (TPSA) is 92.9 Å². The molecule has 0 atom stereocenters. The molecule has 3 aromatic rings. The van der Waals surface area contributed by atoms with Crippen LogP contribution in [-0.2, 0) is 22.6 Å². The van der Waals surface area contributed by atoms with Crippen LogP contribution in [0.2, 0.25) is 0 Å². The van der Waals surface area contributed by atoms with Crippen molar-refractivity contribution in [1.82, 2.24) is 9.88 Å². The molecule has 1 aromatic heterocycles. The number of aromatic nitrogens is 1. The molecule has 0 saturated carbocycles. The van der Waals surface area contributed by atoms with Crippen LogP contribution >= 0.6 is 0 Å². The normalized spacial score (nSPS) is 10.6. The first-order valence-corrected chi connectivity index (χ1v) is 9.63. The number of oxazole rings is 1. The Morgan fingerprint density at radius 3 is 2.60 bits per heavy atom. The first-order chi connectivity index (χ1) is 14.4. The van der Waals surface area contributed by atoms with Gasteiger partial charge in [0.25, 0.3) is 0 Å². The highest BCUT2D eigenvalue weighted by molar-refractivity contribution is 5.79. The first kappa shape index (κ1) is 21.1. The minimum Gasteiger partial charge on any atom is -0.493 e. The smallest absolute Gasteiger partial charge is 0.323 e. The number of hydrogen-bond acceptors (Lipinski definition) is 5. The van der Waals surface area contributed by atoms with Gasteiger partial charge in [-0.25, -0.2) is 4.98 Å².